The minimum absolute atomic E-state index is 0.527. The molecule has 1 rings (SSSR count). The topological polar surface area (TPSA) is 40.5 Å². The minimum atomic E-state index is -0.845. The summed E-state index contributed by atoms with van der Waals surface area (Å²) in [4.78, 5) is 13.1. The molecule has 86 valence electrons. The first-order chi connectivity index (χ1) is 7.70. The van der Waals surface area contributed by atoms with Gasteiger partial charge in [0.2, 0.25) is 0 Å². The van der Waals surface area contributed by atoms with Crippen molar-refractivity contribution in [3.05, 3.63) is 47.7 Å². The third-order valence-electron chi connectivity index (χ3n) is 2.19. The number of thiophene rings is 1. The third kappa shape index (κ3) is 3.05. The van der Waals surface area contributed by atoms with Gasteiger partial charge in [-0.1, -0.05) is 12.2 Å². The zero-order valence-corrected chi connectivity index (χ0v) is 9.82. The van der Waals surface area contributed by atoms with Gasteiger partial charge in [0.15, 0.2) is 0 Å². The second-order valence-electron chi connectivity index (χ2n) is 3.33. The van der Waals surface area contributed by atoms with Gasteiger partial charge in [-0.05, 0) is 22.4 Å². The molecule has 1 heterocycles. The number of hydrogen-bond acceptors (Lipinski definition) is 3. The van der Waals surface area contributed by atoms with Crippen LogP contribution in [0, 0.1) is 0 Å². The molecule has 0 aliphatic rings. The second kappa shape index (κ2) is 6.25. The van der Waals surface area contributed by atoms with Crippen molar-refractivity contribution in [2.45, 2.75) is 6.04 Å². The maximum atomic E-state index is 11.3. The summed E-state index contributed by atoms with van der Waals surface area (Å²) >= 11 is 1.50. The summed E-state index contributed by atoms with van der Waals surface area (Å²) in [6.07, 6.45) is 3.40. The van der Waals surface area contributed by atoms with Crippen molar-refractivity contribution in [2.75, 3.05) is 13.1 Å². The fourth-order valence-corrected chi connectivity index (χ4v) is 2.24. The Morgan fingerprint density at radius 3 is 2.50 bits per heavy atom. The highest BCUT2D eigenvalue weighted by Crippen LogP contribution is 2.23. The average Bonchev–Trinajstić information content (AvgIpc) is 2.71. The predicted octanol–water partition coefficient (Wildman–Crippen LogP) is 2.55. The standard InChI is InChI=1S/C12H15NO2S/c1-3-6-13(7-4-2)11(12(14)15)10-5-8-16-9-10/h3-5,8-9,11H,1-2,6-7H2,(H,14,15). The molecule has 0 saturated heterocycles. The normalized spacial score (nSPS) is 12.3. The van der Waals surface area contributed by atoms with Crippen molar-refractivity contribution in [1.29, 1.82) is 0 Å². The Morgan fingerprint density at radius 2 is 2.12 bits per heavy atom. The molecular formula is C12H15NO2S. The lowest BCUT2D eigenvalue weighted by Gasteiger charge is -2.25. The Labute approximate surface area is 99.3 Å². The van der Waals surface area contributed by atoms with Crippen molar-refractivity contribution < 1.29 is 9.90 Å². The molecule has 0 amide bonds. The van der Waals surface area contributed by atoms with Crippen LogP contribution in [0.4, 0.5) is 0 Å². The lowest BCUT2D eigenvalue weighted by Crippen LogP contribution is -2.34. The maximum Gasteiger partial charge on any atom is 0.325 e. The van der Waals surface area contributed by atoms with Crippen molar-refractivity contribution in [3.8, 4) is 0 Å². The van der Waals surface area contributed by atoms with Crippen molar-refractivity contribution in [1.82, 2.24) is 4.90 Å². The molecule has 0 bridgehead atoms. The number of carbonyl (C=O) groups is 1. The number of aliphatic carboxylic acids is 1. The van der Waals surface area contributed by atoms with E-state index in [4.69, 9.17) is 0 Å². The molecule has 0 saturated carbocycles. The lowest BCUT2D eigenvalue weighted by molar-refractivity contribution is -0.143. The Kier molecular flexibility index (Phi) is 4.95. The van der Waals surface area contributed by atoms with Crippen LogP contribution in [0.25, 0.3) is 0 Å². The molecule has 0 radical (unpaired) electrons. The number of carboxylic acid groups (broad SMARTS) is 1. The van der Waals surface area contributed by atoms with Crippen LogP contribution >= 0.6 is 11.3 Å². The Bertz CT molecular complexity index is 349. The highest BCUT2D eigenvalue weighted by molar-refractivity contribution is 7.08. The Hall–Kier alpha value is -1.39. The van der Waals surface area contributed by atoms with Crippen LogP contribution in [0.2, 0.25) is 0 Å². The molecule has 0 fully saturated rings. The third-order valence-corrected chi connectivity index (χ3v) is 2.89. The predicted molar refractivity (Wildman–Crippen MR) is 66.7 cm³/mol. The van der Waals surface area contributed by atoms with Crippen molar-refractivity contribution in [3.63, 3.8) is 0 Å². The summed E-state index contributed by atoms with van der Waals surface area (Å²) in [7, 11) is 0. The SMILES string of the molecule is C=CCN(CC=C)C(C(=O)O)c1ccsc1. The molecule has 0 aliphatic heterocycles. The van der Waals surface area contributed by atoms with E-state index in [1.54, 1.807) is 12.2 Å². The zero-order valence-electron chi connectivity index (χ0n) is 9.00. The Morgan fingerprint density at radius 1 is 1.50 bits per heavy atom. The largest absolute Gasteiger partial charge is 0.480 e. The van der Waals surface area contributed by atoms with E-state index < -0.39 is 12.0 Å². The van der Waals surface area contributed by atoms with E-state index >= 15 is 0 Å². The van der Waals surface area contributed by atoms with Gasteiger partial charge >= 0.3 is 5.97 Å². The summed E-state index contributed by atoms with van der Waals surface area (Å²) in [6.45, 7) is 8.33. The van der Waals surface area contributed by atoms with Gasteiger partial charge in [-0.3, -0.25) is 9.69 Å². The second-order valence-corrected chi connectivity index (χ2v) is 4.11. The summed E-state index contributed by atoms with van der Waals surface area (Å²) in [6, 6.07) is 1.21. The highest BCUT2D eigenvalue weighted by Gasteiger charge is 2.25. The van der Waals surface area contributed by atoms with Gasteiger partial charge in [0.05, 0.1) is 0 Å². The quantitative estimate of drug-likeness (QED) is 0.741. The van der Waals surface area contributed by atoms with E-state index in [2.05, 4.69) is 13.2 Å². The van der Waals surface area contributed by atoms with Gasteiger partial charge in [0.1, 0.15) is 6.04 Å². The minimum Gasteiger partial charge on any atom is -0.480 e. The first kappa shape index (κ1) is 12.7. The molecule has 0 aliphatic carbocycles. The fourth-order valence-electron chi connectivity index (χ4n) is 1.56. The fraction of sp³-hybridized carbons (Fsp3) is 0.250. The van der Waals surface area contributed by atoms with Crippen molar-refractivity contribution in [2.24, 2.45) is 0 Å². The van der Waals surface area contributed by atoms with Crippen LogP contribution in [0.1, 0.15) is 11.6 Å². The van der Waals surface area contributed by atoms with Crippen LogP contribution in [-0.4, -0.2) is 29.1 Å². The number of rotatable bonds is 7. The van der Waals surface area contributed by atoms with Gasteiger partial charge in [0, 0.05) is 13.1 Å². The van der Waals surface area contributed by atoms with Crippen LogP contribution < -0.4 is 0 Å². The first-order valence-corrected chi connectivity index (χ1v) is 5.85. The lowest BCUT2D eigenvalue weighted by atomic mass is 10.1. The summed E-state index contributed by atoms with van der Waals surface area (Å²) in [5.74, 6) is -0.845. The molecule has 1 atom stereocenters. The number of nitrogens with zero attached hydrogens (tertiary/aromatic N) is 1. The van der Waals surface area contributed by atoms with Crippen molar-refractivity contribution >= 4 is 17.3 Å². The first-order valence-electron chi connectivity index (χ1n) is 4.91. The monoisotopic (exact) mass is 237 g/mol. The van der Waals surface area contributed by atoms with Gasteiger partial charge in [-0.25, -0.2) is 0 Å². The smallest absolute Gasteiger partial charge is 0.325 e. The van der Waals surface area contributed by atoms with E-state index in [1.807, 2.05) is 21.7 Å². The molecule has 1 N–H and O–H groups in total. The van der Waals surface area contributed by atoms with Crippen LogP contribution in [0.5, 0.6) is 0 Å². The van der Waals surface area contributed by atoms with Gasteiger partial charge < -0.3 is 5.11 Å². The van der Waals surface area contributed by atoms with E-state index in [0.717, 1.165) is 5.56 Å². The van der Waals surface area contributed by atoms with Gasteiger partial charge in [-0.2, -0.15) is 11.3 Å². The highest BCUT2D eigenvalue weighted by atomic mass is 32.1. The van der Waals surface area contributed by atoms with E-state index in [0.29, 0.717) is 13.1 Å². The van der Waals surface area contributed by atoms with Gasteiger partial charge in [-0.15, -0.1) is 13.2 Å². The molecule has 1 unspecified atom stereocenters. The average molecular weight is 237 g/mol. The molecule has 1 aromatic rings. The maximum absolute atomic E-state index is 11.3. The number of carboxylic acids is 1. The van der Waals surface area contributed by atoms with E-state index in [-0.39, 0.29) is 0 Å². The molecule has 4 heteroatoms. The van der Waals surface area contributed by atoms with Gasteiger partial charge in [0.25, 0.3) is 0 Å². The molecule has 0 spiro atoms. The van der Waals surface area contributed by atoms with Crippen LogP contribution in [0.3, 0.4) is 0 Å². The van der Waals surface area contributed by atoms with Crippen LogP contribution in [-0.2, 0) is 4.79 Å². The summed E-state index contributed by atoms with van der Waals surface area (Å²) in [5.41, 5.74) is 0.807. The van der Waals surface area contributed by atoms with E-state index in [1.165, 1.54) is 11.3 Å². The molecule has 3 nitrogen and oxygen atoms in total. The molecule has 16 heavy (non-hydrogen) atoms. The summed E-state index contributed by atoms with van der Waals surface area (Å²) < 4.78 is 0. The van der Waals surface area contributed by atoms with E-state index in [9.17, 15) is 9.90 Å². The van der Waals surface area contributed by atoms with Crippen LogP contribution in [0.15, 0.2) is 42.1 Å². The zero-order chi connectivity index (χ0) is 12.0. The molecule has 1 aromatic heterocycles. The molecular weight excluding hydrogens is 222 g/mol. The number of hydrogen-bond donors (Lipinski definition) is 1. The Balaban J connectivity index is 2.94. The molecule has 0 aromatic carbocycles. The summed E-state index contributed by atoms with van der Waals surface area (Å²) in [5, 5.41) is 13.0.